The molecule has 5 heteroatoms. The third-order valence-electron chi connectivity index (χ3n) is 10.4. The zero-order valence-electron chi connectivity index (χ0n) is 20.3. The maximum Gasteiger partial charge on any atom is 0.173 e. The fraction of sp³-hybridized carbons (Fsp3) is 0.750. The zero-order chi connectivity index (χ0) is 23.7. The van der Waals surface area contributed by atoms with Gasteiger partial charge in [0.05, 0.1) is 17.8 Å². The van der Waals surface area contributed by atoms with Crippen molar-refractivity contribution in [2.75, 3.05) is 6.61 Å². The zero-order valence-corrected chi connectivity index (χ0v) is 20.3. The van der Waals surface area contributed by atoms with Crippen molar-refractivity contribution >= 4 is 11.6 Å². The van der Waals surface area contributed by atoms with Crippen LogP contribution in [0.15, 0.2) is 23.3 Å². The van der Waals surface area contributed by atoms with Gasteiger partial charge in [-0.1, -0.05) is 39.3 Å². The number of nitriles is 1. The topological polar surface area (TPSA) is 87.4 Å². The molecule has 4 aliphatic carbocycles. The molecule has 5 aliphatic rings. The molecular formula is C28H37NO4. The standard InChI is InChI=1S/C28H37NO4/c1-15(14-30)5-8-23-16(2)26-24(33-23)10-21-19-7-6-18-9-22(31)17(13-29)12-27(18,3)20(19)11-25(32)28(21,26)4/h11-12,15-16,18-19,21,23-24,26,30H,5-10,14H2,1-4H3/t15-,16?,18?,19?,21?,23-,24?,26?,27+,28?/m1/s1. The maximum absolute atomic E-state index is 13.9. The predicted octanol–water partition coefficient (Wildman–Crippen LogP) is 4.41. The van der Waals surface area contributed by atoms with Gasteiger partial charge < -0.3 is 9.84 Å². The van der Waals surface area contributed by atoms with Crippen LogP contribution in [-0.4, -0.2) is 35.5 Å². The van der Waals surface area contributed by atoms with Gasteiger partial charge in [-0.2, -0.15) is 5.26 Å². The summed E-state index contributed by atoms with van der Waals surface area (Å²) in [5.41, 5.74) is 0.626. The molecule has 3 fully saturated rings. The lowest BCUT2D eigenvalue weighted by Crippen LogP contribution is -2.51. The molecule has 7 unspecified atom stereocenters. The summed E-state index contributed by atoms with van der Waals surface area (Å²) in [5.74, 6) is 1.74. The molecule has 0 aromatic rings. The molecule has 10 atom stereocenters. The van der Waals surface area contributed by atoms with E-state index in [0.717, 1.165) is 37.7 Å². The Kier molecular flexibility index (Phi) is 5.49. The highest BCUT2D eigenvalue weighted by Gasteiger charge is 2.66. The summed E-state index contributed by atoms with van der Waals surface area (Å²) >= 11 is 0. The van der Waals surface area contributed by atoms with Gasteiger partial charge >= 0.3 is 0 Å². The number of rotatable bonds is 4. The Morgan fingerprint density at radius 2 is 2.06 bits per heavy atom. The lowest BCUT2D eigenvalue weighted by Gasteiger charge is -2.54. The minimum Gasteiger partial charge on any atom is -0.396 e. The minimum absolute atomic E-state index is 0.0508. The molecular weight excluding hydrogens is 414 g/mol. The van der Waals surface area contributed by atoms with E-state index in [2.05, 4.69) is 33.8 Å². The summed E-state index contributed by atoms with van der Waals surface area (Å²) < 4.78 is 6.60. The van der Waals surface area contributed by atoms with Crippen LogP contribution in [0, 0.1) is 57.7 Å². The van der Waals surface area contributed by atoms with E-state index in [4.69, 9.17) is 4.74 Å². The highest BCUT2D eigenvalue weighted by Crippen LogP contribution is 2.66. The van der Waals surface area contributed by atoms with Crippen molar-refractivity contribution in [3.63, 3.8) is 0 Å². The number of carbonyl (C=O) groups excluding carboxylic acids is 2. The second-order valence-electron chi connectivity index (χ2n) is 12.0. The molecule has 2 saturated carbocycles. The number of Topliss-reactive ketones (excluding diaryl/α,β-unsaturated/α-hetero) is 1. The van der Waals surface area contributed by atoms with Crippen molar-refractivity contribution in [2.24, 2.45) is 46.3 Å². The monoisotopic (exact) mass is 451 g/mol. The van der Waals surface area contributed by atoms with E-state index in [1.54, 1.807) is 0 Å². The van der Waals surface area contributed by atoms with Crippen molar-refractivity contribution < 1.29 is 19.4 Å². The van der Waals surface area contributed by atoms with Crippen LogP contribution in [0.4, 0.5) is 0 Å². The fourth-order valence-corrected chi connectivity index (χ4v) is 8.45. The number of allylic oxidation sites excluding steroid dienone is 4. The molecule has 0 aromatic carbocycles. The summed E-state index contributed by atoms with van der Waals surface area (Å²) in [4.78, 5) is 26.3. The molecule has 1 heterocycles. The number of ketones is 2. The van der Waals surface area contributed by atoms with Crippen molar-refractivity contribution in [3.05, 3.63) is 23.3 Å². The first-order valence-corrected chi connectivity index (χ1v) is 12.8. The Morgan fingerprint density at radius 3 is 2.76 bits per heavy atom. The van der Waals surface area contributed by atoms with E-state index in [0.29, 0.717) is 18.3 Å². The molecule has 178 valence electrons. The van der Waals surface area contributed by atoms with Gasteiger partial charge in [-0.25, -0.2) is 0 Å². The van der Waals surface area contributed by atoms with Crippen LogP contribution in [-0.2, 0) is 14.3 Å². The first-order valence-electron chi connectivity index (χ1n) is 12.8. The van der Waals surface area contributed by atoms with Crippen LogP contribution >= 0.6 is 0 Å². The first-order chi connectivity index (χ1) is 15.6. The van der Waals surface area contributed by atoms with Crippen molar-refractivity contribution in [2.45, 2.75) is 78.4 Å². The molecule has 1 aliphatic heterocycles. The summed E-state index contributed by atoms with van der Waals surface area (Å²) in [7, 11) is 0. The molecule has 5 rings (SSSR count). The number of ether oxygens (including phenoxy) is 1. The van der Waals surface area contributed by atoms with Gasteiger partial charge in [0.2, 0.25) is 0 Å². The largest absolute Gasteiger partial charge is 0.396 e. The maximum atomic E-state index is 13.9. The Balaban J connectivity index is 1.46. The number of fused-ring (bicyclic) bond motifs is 7. The first kappa shape index (κ1) is 23.0. The second-order valence-corrected chi connectivity index (χ2v) is 12.0. The number of hydrogen-bond donors (Lipinski definition) is 1. The number of aliphatic hydroxyl groups is 1. The average molecular weight is 452 g/mol. The Hall–Kier alpha value is -1.77. The Bertz CT molecular complexity index is 975. The molecule has 33 heavy (non-hydrogen) atoms. The molecule has 1 N–H and O–H groups in total. The van der Waals surface area contributed by atoms with Crippen LogP contribution in [0.2, 0.25) is 0 Å². The van der Waals surface area contributed by atoms with Gasteiger partial charge in [0, 0.05) is 29.8 Å². The molecule has 0 spiro atoms. The lowest BCUT2D eigenvalue weighted by atomic mass is 9.49. The van der Waals surface area contributed by atoms with E-state index < -0.39 is 5.41 Å². The Morgan fingerprint density at radius 1 is 1.30 bits per heavy atom. The van der Waals surface area contributed by atoms with E-state index in [-0.39, 0.29) is 65.0 Å². The molecule has 0 amide bonds. The molecule has 1 saturated heterocycles. The third kappa shape index (κ3) is 3.17. The third-order valence-corrected chi connectivity index (χ3v) is 10.4. The van der Waals surface area contributed by atoms with E-state index >= 15 is 0 Å². The number of aliphatic hydroxyl groups excluding tert-OH is 1. The molecule has 0 aromatic heterocycles. The normalized spacial score (nSPS) is 47.0. The SMILES string of the molecule is CC1C2C(CC3C4CCC5CC(=O)C(C#N)=C[C@]5(C)C4=CC(=O)C32C)O[C@@H]1CC[C@@H](C)CO. The quantitative estimate of drug-likeness (QED) is 0.684. The second kappa shape index (κ2) is 7.89. The van der Waals surface area contributed by atoms with Gasteiger partial charge in [0.15, 0.2) is 11.6 Å². The van der Waals surface area contributed by atoms with Gasteiger partial charge in [-0.3, -0.25) is 9.59 Å². The van der Waals surface area contributed by atoms with Crippen LogP contribution in [0.1, 0.15) is 66.2 Å². The van der Waals surface area contributed by atoms with Gasteiger partial charge in [-0.15, -0.1) is 0 Å². The lowest BCUT2D eigenvalue weighted by molar-refractivity contribution is -0.131. The smallest absolute Gasteiger partial charge is 0.173 e. The number of nitrogens with zero attached hydrogens (tertiary/aromatic N) is 1. The fourth-order valence-electron chi connectivity index (χ4n) is 8.45. The highest BCUT2D eigenvalue weighted by molar-refractivity contribution is 6.01. The predicted molar refractivity (Wildman–Crippen MR) is 124 cm³/mol. The molecule has 5 nitrogen and oxygen atoms in total. The van der Waals surface area contributed by atoms with Crippen LogP contribution in [0.5, 0.6) is 0 Å². The van der Waals surface area contributed by atoms with Gasteiger partial charge in [0.25, 0.3) is 0 Å². The van der Waals surface area contributed by atoms with Gasteiger partial charge in [-0.05, 0) is 67.8 Å². The minimum atomic E-state index is -0.412. The van der Waals surface area contributed by atoms with Gasteiger partial charge in [0.1, 0.15) is 6.07 Å². The molecule has 0 radical (unpaired) electrons. The van der Waals surface area contributed by atoms with E-state index in [1.807, 2.05) is 12.2 Å². The Labute approximate surface area is 197 Å². The summed E-state index contributed by atoms with van der Waals surface area (Å²) in [6.45, 7) is 8.85. The summed E-state index contributed by atoms with van der Waals surface area (Å²) in [5, 5.41) is 18.9. The number of carbonyl (C=O) groups is 2. The van der Waals surface area contributed by atoms with Crippen molar-refractivity contribution in [1.82, 2.24) is 0 Å². The van der Waals surface area contributed by atoms with Crippen LogP contribution < -0.4 is 0 Å². The van der Waals surface area contributed by atoms with Crippen LogP contribution in [0.3, 0.4) is 0 Å². The highest BCUT2D eigenvalue weighted by atomic mass is 16.5. The van der Waals surface area contributed by atoms with Crippen LogP contribution in [0.25, 0.3) is 0 Å². The van der Waals surface area contributed by atoms with Crippen molar-refractivity contribution in [3.8, 4) is 6.07 Å². The summed E-state index contributed by atoms with van der Waals surface area (Å²) in [6.07, 6.45) is 9.25. The number of hydrogen-bond acceptors (Lipinski definition) is 5. The summed E-state index contributed by atoms with van der Waals surface area (Å²) in [6, 6.07) is 2.10. The van der Waals surface area contributed by atoms with E-state index in [1.165, 1.54) is 0 Å². The van der Waals surface area contributed by atoms with E-state index in [9.17, 15) is 20.0 Å². The van der Waals surface area contributed by atoms with Crippen molar-refractivity contribution in [1.29, 1.82) is 5.26 Å². The average Bonchev–Trinajstić information content (AvgIpc) is 3.27. The molecule has 0 bridgehead atoms.